The summed E-state index contributed by atoms with van der Waals surface area (Å²) in [6, 6.07) is 7.26. The normalized spacial score (nSPS) is 10.1. The zero-order valence-electron chi connectivity index (χ0n) is 10.3. The summed E-state index contributed by atoms with van der Waals surface area (Å²) in [4.78, 5) is 21.8. The van der Waals surface area contributed by atoms with Gasteiger partial charge in [-0.15, -0.1) is 0 Å². The molecule has 0 fully saturated rings. The number of carbonyl (C=O) groups excluding carboxylic acids is 1. The van der Waals surface area contributed by atoms with E-state index in [1.807, 2.05) is 12.1 Å². The molecule has 0 heterocycles. The van der Waals surface area contributed by atoms with Gasteiger partial charge in [-0.05, 0) is 18.1 Å². The van der Waals surface area contributed by atoms with E-state index in [0.29, 0.717) is 13.2 Å². The van der Waals surface area contributed by atoms with Gasteiger partial charge in [0.25, 0.3) is 0 Å². The lowest BCUT2D eigenvalue weighted by molar-refractivity contribution is -0.142. The molecule has 5 heteroatoms. The molecule has 0 saturated heterocycles. The lowest BCUT2D eigenvalue weighted by Crippen LogP contribution is -2.25. The second kappa shape index (κ2) is 7.45. The van der Waals surface area contributed by atoms with Crippen molar-refractivity contribution in [3.63, 3.8) is 0 Å². The predicted octanol–water partition coefficient (Wildman–Crippen LogP) is 0.966. The van der Waals surface area contributed by atoms with Crippen molar-refractivity contribution in [2.45, 2.75) is 19.9 Å². The molecule has 98 valence electrons. The molecular weight excluding hydrogens is 234 g/mol. The van der Waals surface area contributed by atoms with Crippen LogP contribution in [-0.2, 0) is 27.3 Å². The SMILES string of the molecule is CCOC(=O)CNCc1ccccc1CC(=O)O. The smallest absolute Gasteiger partial charge is 0.319 e. The van der Waals surface area contributed by atoms with E-state index in [2.05, 4.69) is 5.32 Å². The first-order valence-corrected chi connectivity index (χ1v) is 5.78. The molecule has 18 heavy (non-hydrogen) atoms. The molecule has 0 aliphatic heterocycles. The van der Waals surface area contributed by atoms with Gasteiger partial charge in [0, 0.05) is 6.54 Å². The topological polar surface area (TPSA) is 75.6 Å². The molecule has 0 spiro atoms. The van der Waals surface area contributed by atoms with Crippen LogP contribution in [0.1, 0.15) is 18.1 Å². The molecular formula is C13H17NO4. The maximum absolute atomic E-state index is 11.1. The van der Waals surface area contributed by atoms with Gasteiger partial charge in [0.05, 0.1) is 19.6 Å². The van der Waals surface area contributed by atoms with Crippen LogP contribution in [0.15, 0.2) is 24.3 Å². The Morgan fingerprint density at radius 1 is 1.28 bits per heavy atom. The van der Waals surface area contributed by atoms with Crippen LogP contribution in [0.25, 0.3) is 0 Å². The van der Waals surface area contributed by atoms with Crippen LogP contribution in [0.4, 0.5) is 0 Å². The Kier molecular flexibility index (Phi) is 5.87. The van der Waals surface area contributed by atoms with Crippen molar-refractivity contribution in [3.8, 4) is 0 Å². The van der Waals surface area contributed by atoms with E-state index >= 15 is 0 Å². The first-order chi connectivity index (χ1) is 8.63. The number of benzene rings is 1. The van der Waals surface area contributed by atoms with E-state index in [1.54, 1.807) is 19.1 Å². The van der Waals surface area contributed by atoms with Crippen LogP contribution in [0.5, 0.6) is 0 Å². The third kappa shape index (κ3) is 4.97. The fourth-order valence-corrected chi connectivity index (χ4v) is 1.58. The first kappa shape index (κ1) is 14.2. The van der Waals surface area contributed by atoms with E-state index in [-0.39, 0.29) is 18.9 Å². The van der Waals surface area contributed by atoms with E-state index in [1.165, 1.54) is 0 Å². The van der Waals surface area contributed by atoms with E-state index in [4.69, 9.17) is 9.84 Å². The largest absolute Gasteiger partial charge is 0.481 e. The standard InChI is InChI=1S/C13H17NO4/c1-2-18-13(17)9-14-8-11-6-4-3-5-10(11)7-12(15)16/h3-6,14H,2,7-9H2,1H3,(H,15,16). The fourth-order valence-electron chi connectivity index (χ4n) is 1.58. The number of ether oxygens (including phenoxy) is 1. The molecule has 0 aliphatic carbocycles. The minimum Gasteiger partial charge on any atom is -0.481 e. The fraction of sp³-hybridized carbons (Fsp3) is 0.385. The maximum atomic E-state index is 11.1. The minimum atomic E-state index is -0.868. The molecule has 0 aliphatic rings. The van der Waals surface area contributed by atoms with Gasteiger partial charge in [-0.25, -0.2) is 0 Å². The van der Waals surface area contributed by atoms with Crippen LogP contribution in [0, 0.1) is 0 Å². The molecule has 1 aromatic carbocycles. The third-order valence-electron chi connectivity index (χ3n) is 2.35. The van der Waals surface area contributed by atoms with Crippen molar-refractivity contribution < 1.29 is 19.4 Å². The molecule has 1 aromatic rings. The summed E-state index contributed by atoms with van der Waals surface area (Å²) in [6.45, 7) is 2.67. The van der Waals surface area contributed by atoms with Gasteiger partial charge >= 0.3 is 11.9 Å². The van der Waals surface area contributed by atoms with Gasteiger partial charge in [0.1, 0.15) is 0 Å². The summed E-state index contributed by atoms with van der Waals surface area (Å²) in [6.07, 6.45) is -0.0166. The predicted molar refractivity (Wildman–Crippen MR) is 66.1 cm³/mol. The van der Waals surface area contributed by atoms with Crippen molar-refractivity contribution in [3.05, 3.63) is 35.4 Å². The van der Waals surface area contributed by atoms with Crippen molar-refractivity contribution >= 4 is 11.9 Å². The first-order valence-electron chi connectivity index (χ1n) is 5.78. The summed E-state index contributed by atoms with van der Waals surface area (Å²) in [5, 5.41) is 11.7. The molecule has 1 rings (SSSR count). The molecule has 0 bridgehead atoms. The summed E-state index contributed by atoms with van der Waals surface area (Å²) in [7, 11) is 0. The van der Waals surface area contributed by atoms with E-state index in [0.717, 1.165) is 11.1 Å². The monoisotopic (exact) mass is 251 g/mol. The quantitative estimate of drug-likeness (QED) is 0.706. The van der Waals surface area contributed by atoms with Crippen LogP contribution >= 0.6 is 0 Å². The molecule has 0 amide bonds. The molecule has 0 unspecified atom stereocenters. The minimum absolute atomic E-state index is 0.0166. The van der Waals surface area contributed by atoms with Crippen molar-refractivity contribution in [2.75, 3.05) is 13.2 Å². The highest BCUT2D eigenvalue weighted by atomic mass is 16.5. The van der Waals surface area contributed by atoms with Gasteiger partial charge < -0.3 is 15.2 Å². The number of nitrogens with one attached hydrogen (secondary N) is 1. The lowest BCUT2D eigenvalue weighted by atomic mass is 10.0. The number of hydrogen-bond acceptors (Lipinski definition) is 4. The molecule has 2 N–H and O–H groups in total. The maximum Gasteiger partial charge on any atom is 0.319 e. The van der Waals surface area contributed by atoms with Crippen molar-refractivity contribution in [1.82, 2.24) is 5.32 Å². The summed E-state index contributed by atoms with van der Waals surface area (Å²) in [5.74, 6) is -1.18. The van der Waals surface area contributed by atoms with Gasteiger partial charge in [-0.3, -0.25) is 9.59 Å². The molecule has 5 nitrogen and oxygen atoms in total. The highest BCUT2D eigenvalue weighted by molar-refractivity contribution is 5.72. The van der Waals surface area contributed by atoms with E-state index < -0.39 is 5.97 Å². The Morgan fingerprint density at radius 2 is 1.94 bits per heavy atom. The van der Waals surface area contributed by atoms with Crippen molar-refractivity contribution in [2.24, 2.45) is 0 Å². The number of hydrogen-bond donors (Lipinski definition) is 2. The van der Waals surface area contributed by atoms with Gasteiger partial charge in [-0.1, -0.05) is 24.3 Å². The molecule has 0 aromatic heterocycles. The molecule has 0 saturated carbocycles. The average molecular weight is 251 g/mol. The van der Waals surface area contributed by atoms with Crippen LogP contribution in [0.3, 0.4) is 0 Å². The summed E-state index contributed by atoms with van der Waals surface area (Å²) in [5.41, 5.74) is 1.63. The second-order valence-corrected chi connectivity index (χ2v) is 3.75. The van der Waals surface area contributed by atoms with Crippen LogP contribution in [-0.4, -0.2) is 30.2 Å². The average Bonchev–Trinajstić information content (AvgIpc) is 2.31. The lowest BCUT2D eigenvalue weighted by Gasteiger charge is -2.08. The number of carboxylic acids is 1. The summed E-state index contributed by atoms with van der Waals surface area (Å²) >= 11 is 0. The van der Waals surface area contributed by atoms with Crippen LogP contribution < -0.4 is 5.32 Å². The van der Waals surface area contributed by atoms with Crippen molar-refractivity contribution in [1.29, 1.82) is 0 Å². The molecule has 0 radical (unpaired) electrons. The Balaban J connectivity index is 2.51. The highest BCUT2D eigenvalue weighted by Gasteiger charge is 2.07. The third-order valence-corrected chi connectivity index (χ3v) is 2.35. The van der Waals surface area contributed by atoms with E-state index in [9.17, 15) is 9.59 Å². The summed E-state index contributed by atoms with van der Waals surface area (Å²) < 4.78 is 4.78. The second-order valence-electron chi connectivity index (χ2n) is 3.75. The Bertz CT molecular complexity index is 417. The van der Waals surface area contributed by atoms with Gasteiger partial charge in [0.2, 0.25) is 0 Å². The Morgan fingerprint density at radius 3 is 2.56 bits per heavy atom. The number of carboxylic acid groups (broad SMARTS) is 1. The number of carbonyl (C=O) groups is 2. The number of rotatable bonds is 7. The number of aliphatic carboxylic acids is 1. The zero-order chi connectivity index (χ0) is 13.4. The Labute approximate surface area is 106 Å². The van der Waals surface area contributed by atoms with Crippen LogP contribution in [0.2, 0.25) is 0 Å². The number of esters is 1. The molecule has 0 atom stereocenters. The highest BCUT2D eigenvalue weighted by Crippen LogP contribution is 2.09. The Hall–Kier alpha value is -1.88. The van der Waals surface area contributed by atoms with Gasteiger partial charge in [0.15, 0.2) is 0 Å². The zero-order valence-corrected chi connectivity index (χ0v) is 10.3. The van der Waals surface area contributed by atoms with Gasteiger partial charge in [-0.2, -0.15) is 0 Å².